The minimum absolute atomic E-state index is 0.195. The molecule has 0 unspecified atom stereocenters. The summed E-state index contributed by atoms with van der Waals surface area (Å²) in [5.74, 6) is 1.79. The zero-order chi connectivity index (χ0) is 20.2. The van der Waals surface area contributed by atoms with Crippen molar-refractivity contribution in [3.63, 3.8) is 0 Å². The van der Waals surface area contributed by atoms with E-state index in [9.17, 15) is 5.26 Å². The van der Waals surface area contributed by atoms with Crippen LogP contribution in [0.15, 0.2) is 36.7 Å². The Morgan fingerprint density at radius 1 is 1.17 bits per heavy atom. The Hall–Kier alpha value is -2.66. The van der Waals surface area contributed by atoms with Crippen LogP contribution in [0, 0.1) is 11.3 Å². The Morgan fingerprint density at radius 3 is 2.76 bits per heavy atom. The molecule has 1 aliphatic rings. The highest BCUT2D eigenvalue weighted by Crippen LogP contribution is 2.30. The zero-order valence-corrected chi connectivity index (χ0v) is 17.0. The number of hydrogen-bond donors (Lipinski definition) is 1. The van der Waals surface area contributed by atoms with Crippen molar-refractivity contribution in [2.24, 2.45) is 0 Å². The Morgan fingerprint density at radius 2 is 2.00 bits per heavy atom. The molecule has 29 heavy (non-hydrogen) atoms. The van der Waals surface area contributed by atoms with E-state index in [2.05, 4.69) is 26.3 Å². The molecule has 0 saturated carbocycles. The Kier molecular flexibility index (Phi) is 5.95. The van der Waals surface area contributed by atoms with Crippen LogP contribution in [-0.2, 0) is 11.2 Å². The van der Waals surface area contributed by atoms with Crippen LogP contribution >= 0.6 is 23.2 Å². The highest BCUT2D eigenvalue weighted by atomic mass is 35.5. The van der Waals surface area contributed by atoms with E-state index in [-0.39, 0.29) is 12.5 Å². The lowest BCUT2D eigenvalue weighted by Gasteiger charge is -2.23. The van der Waals surface area contributed by atoms with E-state index in [4.69, 9.17) is 27.9 Å². The summed E-state index contributed by atoms with van der Waals surface area (Å²) in [5, 5.41) is 13.5. The second-order valence-electron chi connectivity index (χ2n) is 6.64. The lowest BCUT2D eigenvalue weighted by atomic mass is 10.1. The van der Waals surface area contributed by atoms with Crippen molar-refractivity contribution in [3.05, 3.63) is 52.4 Å². The molecule has 1 aromatic carbocycles. The average Bonchev–Trinajstić information content (AvgIpc) is 3.15. The van der Waals surface area contributed by atoms with Gasteiger partial charge in [0.05, 0.1) is 34.4 Å². The molecule has 3 aromatic rings. The van der Waals surface area contributed by atoms with E-state index in [1.54, 1.807) is 30.6 Å². The van der Waals surface area contributed by atoms with E-state index < -0.39 is 0 Å². The van der Waals surface area contributed by atoms with Gasteiger partial charge in [-0.05, 0) is 37.1 Å². The molecule has 0 atom stereocenters. The van der Waals surface area contributed by atoms with Crippen LogP contribution in [0.4, 0.5) is 5.95 Å². The van der Waals surface area contributed by atoms with E-state index in [0.29, 0.717) is 27.6 Å². The Bertz CT molecular complexity index is 1060. The van der Waals surface area contributed by atoms with Crippen LogP contribution in [0.3, 0.4) is 0 Å². The molecule has 1 fully saturated rings. The van der Waals surface area contributed by atoms with Gasteiger partial charge in [-0.15, -0.1) is 0 Å². The molecule has 0 spiro atoms. The first kappa shape index (κ1) is 19.6. The van der Waals surface area contributed by atoms with Crippen LogP contribution in [-0.4, -0.2) is 38.8 Å². The molecule has 0 amide bonds. The van der Waals surface area contributed by atoms with Gasteiger partial charge >= 0.3 is 0 Å². The van der Waals surface area contributed by atoms with Gasteiger partial charge in [-0.3, -0.25) is 4.57 Å². The van der Waals surface area contributed by atoms with Gasteiger partial charge in [0.1, 0.15) is 11.6 Å². The maximum atomic E-state index is 9.24. The third-order valence-corrected chi connectivity index (χ3v) is 5.44. The molecule has 4 rings (SSSR count). The number of hydrogen-bond acceptors (Lipinski definition) is 6. The fraction of sp³-hybridized carbons (Fsp3) is 0.300. The first-order valence-electron chi connectivity index (χ1n) is 9.22. The molecule has 0 bridgehead atoms. The molecule has 3 heterocycles. The van der Waals surface area contributed by atoms with Crippen LogP contribution < -0.4 is 5.32 Å². The standard InChI is InChI=1S/C20H18Cl2N6O/c21-16-2-1-13(11-17(16)22)19-25-12-15(3-7-23)28(19)18-4-8-24-20(27-18)26-14-5-9-29-10-6-14/h1-2,4,8,11-12,14H,3,5-6,9-10H2,(H,24,26,27). The van der Waals surface area contributed by atoms with Crippen molar-refractivity contribution in [1.29, 1.82) is 5.26 Å². The van der Waals surface area contributed by atoms with E-state index in [1.807, 2.05) is 10.6 Å². The fourth-order valence-electron chi connectivity index (χ4n) is 3.26. The molecule has 1 N–H and O–H groups in total. The number of nitriles is 1. The number of imidazole rings is 1. The predicted molar refractivity (Wildman–Crippen MR) is 111 cm³/mol. The van der Waals surface area contributed by atoms with Gasteiger partial charge < -0.3 is 10.1 Å². The van der Waals surface area contributed by atoms with E-state index in [1.165, 1.54) is 0 Å². The molecule has 1 aliphatic heterocycles. The molecule has 148 valence electrons. The molecule has 0 radical (unpaired) electrons. The topological polar surface area (TPSA) is 88.7 Å². The third-order valence-electron chi connectivity index (χ3n) is 4.70. The number of anilines is 1. The molecule has 2 aromatic heterocycles. The maximum Gasteiger partial charge on any atom is 0.224 e. The minimum atomic E-state index is 0.195. The molecule has 7 nitrogen and oxygen atoms in total. The molecular weight excluding hydrogens is 411 g/mol. The number of halogens is 2. The first-order chi connectivity index (χ1) is 14.2. The molecule has 9 heteroatoms. The second-order valence-corrected chi connectivity index (χ2v) is 7.46. The van der Waals surface area contributed by atoms with Crippen LogP contribution in [0.25, 0.3) is 17.2 Å². The normalized spacial score (nSPS) is 14.5. The summed E-state index contributed by atoms with van der Waals surface area (Å²) in [5.41, 5.74) is 1.51. The Balaban J connectivity index is 1.73. The fourth-order valence-corrected chi connectivity index (χ4v) is 3.55. The second kappa shape index (κ2) is 8.78. The largest absolute Gasteiger partial charge is 0.381 e. The number of aromatic nitrogens is 4. The first-order valence-corrected chi connectivity index (χ1v) is 9.98. The molecule has 1 saturated heterocycles. The Labute approximate surface area is 178 Å². The summed E-state index contributed by atoms with van der Waals surface area (Å²) in [7, 11) is 0. The van der Waals surface area contributed by atoms with Crippen molar-refractivity contribution in [1.82, 2.24) is 19.5 Å². The van der Waals surface area contributed by atoms with Crippen LogP contribution in [0.5, 0.6) is 0 Å². The van der Waals surface area contributed by atoms with Crippen molar-refractivity contribution in [3.8, 4) is 23.3 Å². The highest BCUT2D eigenvalue weighted by molar-refractivity contribution is 6.42. The summed E-state index contributed by atoms with van der Waals surface area (Å²) in [6.07, 6.45) is 5.38. The summed E-state index contributed by atoms with van der Waals surface area (Å²) in [6, 6.07) is 9.55. The number of nitrogens with one attached hydrogen (secondary N) is 1. The van der Waals surface area contributed by atoms with Crippen molar-refractivity contribution < 1.29 is 4.74 Å². The van der Waals surface area contributed by atoms with Gasteiger partial charge in [-0.2, -0.15) is 10.2 Å². The number of benzene rings is 1. The minimum Gasteiger partial charge on any atom is -0.381 e. The quantitative estimate of drug-likeness (QED) is 0.651. The van der Waals surface area contributed by atoms with Crippen molar-refractivity contribution in [2.75, 3.05) is 18.5 Å². The van der Waals surface area contributed by atoms with Crippen molar-refractivity contribution >= 4 is 29.2 Å². The smallest absolute Gasteiger partial charge is 0.224 e. The third kappa shape index (κ3) is 4.35. The van der Waals surface area contributed by atoms with Gasteiger partial charge in [0.15, 0.2) is 0 Å². The zero-order valence-electron chi connectivity index (χ0n) is 15.5. The summed E-state index contributed by atoms with van der Waals surface area (Å²) >= 11 is 12.2. The summed E-state index contributed by atoms with van der Waals surface area (Å²) < 4.78 is 7.25. The maximum absolute atomic E-state index is 9.24. The van der Waals surface area contributed by atoms with Gasteiger partial charge in [0.2, 0.25) is 5.95 Å². The van der Waals surface area contributed by atoms with Gasteiger partial charge in [0.25, 0.3) is 0 Å². The van der Waals surface area contributed by atoms with E-state index >= 15 is 0 Å². The average molecular weight is 429 g/mol. The molecular formula is C20H18Cl2N6O. The van der Waals surface area contributed by atoms with Gasteiger partial charge in [0, 0.05) is 31.0 Å². The summed E-state index contributed by atoms with van der Waals surface area (Å²) in [6.45, 7) is 1.46. The van der Waals surface area contributed by atoms with Gasteiger partial charge in [-0.1, -0.05) is 23.2 Å². The number of rotatable bonds is 5. The molecule has 0 aliphatic carbocycles. The number of ether oxygens (including phenoxy) is 1. The van der Waals surface area contributed by atoms with Crippen molar-refractivity contribution in [2.45, 2.75) is 25.3 Å². The van der Waals surface area contributed by atoms with Gasteiger partial charge in [-0.25, -0.2) is 9.97 Å². The predicted octanol–water partition coefficient (Wildman–Crippen LogP) is 4.29. The van der Waals surface area contributed by atoms with E-state index in [0.717, 1.165) is 37.3 Å². The summed E-state index contributed by atoms with van der Waals surface area (Å²) in [4.78, 5) is 13.5. The monoisotopic (exact) mass is 428 g/mol. The highest BCUT2D eigenvalue weighted by Gasteiger charge is 2.18. The number of nitrogens with zero attached hydrogens (tertiary/aromatic N) is 5. The SMILES string of the molecule is N#CCc1cnc(-c2ccc(Cl)c(Cl)c2)n1-c1ccnc(NC2CCOCC2)n1. The van der Waals surface area contributed by atoms with Crippen LogP contribution in [0.1, 0.15) is 18.5 Å². The lowest BCUT2D eigenvalue weighted by Crippen LogP contribution is -2.28. The van der Waals surface area contributed by atoms with Crippen LogP contribution in [0.2, 0.25) is 10.0 Å². The lowest BCUT2D eigenvalue weighted by molar-refractivity contribution is 0.0903.